The molecule has 0 fully saturated rings. The number of hydrogen-bond acceptors (Lipinski definition) is 5. The first-order chi connectivity index (χ1) is 12.9. The number of benzene rings is 2. The van der Waals surface area contributed by atoms with Crippen molar-refractivity contribution >= 4 is 27.9 Å². The van der Waals surface area contributed by atoms with E-state index in [4.69, 9.17) is 14.2 Å². The van der Waals surface area contributed by atoms with Crippen LogP contribution in [0, 0.1) is 5.92 Å². The van der Waals surface area contributed by atoms with E-state index in [2.05, 4.69) is 29.8 Å². The molecule has 27 heavy (non-hydrogen) atoms. The molecule has 2 aromatic carbocycles. The molecule has 144 valence electrons. The van der Waals surface area contributed by atoms with Crippen LogP contribution in [0.2, 0.25) is 0 Å². The Labute approximate surface area is 167 Å². The lowest BCUT2D eigenvalue weighted by molar-refractivity contribution is 0.0503. The zero-order chi connectivity index (χ0) is 19.8. The predicted molar refractivity (Wildman–Crippen MR) is 106 cm³/mol. The molecule has 0 unspecified atom stereocenters. The molecule has 0 bridgehead atoms. The van der Waals surface area contributed by atoms with Gasteiger partial charge >= 0.3 is 11.9 Å². The molecule has 0 radical (unpaired) electrons. The Hall–Kier alpha value is -2.34. The van der Waals surface area contributed by atoms with Crippen LogP contribution in [0.3, 0.4) is 0 Å². The normalized spacial score (nSPS) is 10.6. The highest BCUT2D eigenvalue weighted by Gasteiger charge is 2.14. The van der Waals surface area contributed by atoms with Gasteiger partial charge in [0.05, 0.1) is 28.8 Å². The van der Waals surface area contributed by atoms with Gasteiger partial charge in [0, 0.05) is 0 Å². The second-order valence-corrected chi connectivity index (χ2v) is 7.26. The smallest absolute Gasteiger partial charge is 0.343 e. The summed E-state index contributed by atoms with van der Waals surface area (Å²) in [7, 11) is 0. The van der Waals surface area contributed by atoms with Gasteiger partial charge in [0.15, 0.2) is 0 Å². The van der Waals surface area contributed by atoms with Gasteiger partial charge in [-0.25, -0.2) is 9.59 Å². The molecule has 0 aromatic heterocycles. The maximum Gasteiger partial charge on any atom is 0.343 e. The average Bonchev–Trinajstić information content (AvgIpc) is 2.65. The van der Waals surface area contributed by atoms with E-state index < -0.39 is 11.9 Å². The van der Waals surface area contributed by atoms with Crippen LogP contribution < -0.4 is 9.47 Å². The first-order valence-corrected chi connectivity index (χ1v) is 9.61. The lowest BCUT2D eigenvalue weighted by Gasteiger charge is -2.11. The topological polar surface area (TPSA) is 61.8 Å². The molecule has 0 atom stereocenters. The van der Waals surface area contributed by atoms with E-state index in [1.807, 2.05) is 6.92 Å². The zero-order valence-corrected chi connectivity index (χ0v) is 17.2. The van der Waals surface area contributed by atoms with Crippen LogP contribution in [-0.2, 0) is 4.74 Å². The van der Waals surface area contributed by atoms with E-state index >= 15 is 0 Å². The number of esters is 2. The summed E-state index contributed by atoms with van der Waals surface area (Å²) in [6.07, 6.45) is 0.742. The number of rotatable bonds is 8. The molecule has 0 amide bonds. The van der Waals surface area contributed by atoms with Gasteiger partial charge in [0.2, 0.25) is 0 Å². The third-order valence-electron chi connectivity index (χ3n) is 3.46. The molecule has 6 heteroatoms. The number of carbonyl (C=O) groups is 2. The van der Waals surface area contributed by atoms with Gasteiger partial charge in [0.1, 0.15) is 11.5 Å². The summed E-state index contributed by atoms with van der Waals surface area (Å²) in [6, 6.07) is 11.4. The maximum atomic E-state index is 12.4. The van der Waals surface area contributed by atoms with Crippen molar-refractivity contribution in [3.8, 4) is 11.5 Å². The van der Waals surface area contributed by atoms with Crippen LogP contribution in [0.1, 0.15) is 47.9 Å². The van der Waals surface area contributed by atoms with Crippen molar-refractivity contribution in [1.29, 1.82) is 0 Å². The largest absolute Gasteiger partial charge is 0.492 e. The minimum absolute atomic E-state index is 0.280. The Morgan fingerprint density at radius 1 is 1.04 bits per heavy atom. The zero-order valence-electron chi connectivity index (χ0n) is 15.7. The summed E-state index contributed by atoms with van der Waals surface area (Å²) in [4.78, 5) is 24.3. The second kappa shape index (κ2) is 10.1. The average molecular weight is 435 g/mol. The van der Waals surface area contributed by atoms with E-state index in [1.165, 1.54) is 6.07 Å². The quantitative estimate of drug-likeness (QED) is 0.418. The minimum Gasteiger partial charge on any atom is -0.492 e. The van der Waals surface area contributed by atoms with E-state index in [0.29, 0.717) is 40.5 Å². The predicted octanol–water partition coefficient (Wildman–Crippen LogP) is 5.27. The van der Waals surface area contributed by atoms with Crippen LogP contribution in [0.25, 0.3) is 0 Å². The van der Waals surface area contributed by atoms with Gasteiger partial charge in [-0.3, -0.25) is 0 Å². The Morgan fingerprint density at radius 2 is 1.78 bits per heavy atom. The fourth-order valence-corrected chi connectivity index (χ4v) is 2.63. The first-order valence-electron chi connectivity index (χ1n) is 8.82. The van der Waals surface area contributed by atoms with Crippen molar-refractivity contribution in [2.24, 2.45) is 5.92 Å². The van der Waals surface area contributed by atoms with Gasteiger partial charge in [0.25, 0.3) is 0 Å². The maximum absolute atomic E-state index is 12.4. The molecule has 0 aliphatic carbocycles. The van der Waals surface area contributed by atoms with Crippen molar-refractivity contribution < 1.29 is 23.8 Å². The van der Waals surface area contributed by atoms with Crippen molar-refractivity contribution in [3.05, 3.63) is 58.1 Å². The summed E-state index contributed by atoms with van der Waals surface area (Å²) in [6.45, 7) is 6.98. The fourth-order valence-electron chi connectivity index (χ4n) is 2.13. The van der Waals surface area contributed by atoms with Crippen LogP contribution in [0.5, 0.6) is 11.5 Å². The summed E-state index contributed by atoms with van der Waals surface area (Å²) in [5.41, 5.74) is 0.713. The molecule has 2 aromatic rings. The minimum atomic E-state index is -0.523. The number of halogens is 1. The Morgan fingerprint density at radius 3 is 2.44 bits per heavy atom. The summed E-state index contributed by atoms with van der Waals surface area (Å²) in [5, 5.41) is 0. The van der Waals surface area contributed by atoms with Crippen LogP contribution >= 0.6 is 15.9 Å². The molecule has 0 saturated heterocycles. The van der Waals surface area contributed by atoms with Gasteiger partial charge in [-0.2, -0.15) is 0 Å². The highest BCUT2D eigenvalue weighted by Crippen LogP contribution is 2.27. The second-order valence-electron chi connectivity index (χ2n) is 6.40. The summed E-state index contributed by atoms with van der Waals surface area (Å²) < 4.78 is 16.8. The summed E-state index contributed by atoms with van der Waals surface area (Å²) >= 11 is 3.41. The lowest BCUT2D eigenvalue weighted by Crippen LogP contribution is -2.10. The number of ether oxygens (including phenoxy) is 3. The first kappa shape index (κ1) is 21.0. The van der Waals surface area contributed by atoms with Gasteiger partial charge in [-0.15, -0.1) is 0 Å². The Bertz CT molecular complexity index is 801. The summed E-state index contributed by atoms with van der Waals surface area (Å²) in [5.74, 6) is 0.385. The van der Waals surface area contributed by atoms with E-state index in [0.717, 1.165) is 6.42 Å². The molecular formula is C21H23BrO5. The van der Waals surface area contributed by atoms with Gasteiger partial charge in [-0.1, -0.05) is 26.8 Å². The lowest BCUT2D eigenvalue weighted by atomic mass is 10.2. The van der Waals surface area contributed by atoms with Crippen LogP contribution in [0.4, 0.5) is 0 Å². The van der Waals surface area contributed by atoms with E-state index in [9.17, 15) is 9.59 Å². The van der Waals surface area contributed by atoms with Crippen molar-refractivity contribution in [2.75, 3.05) is 13.2 Å². The molecular weight excluding hydrogens is 412 g/mol. The molecule has 0 aliphatic rings. The SMILES string of the molecule is CCCOC(=O)c1cccc(OC(=O)c2ccc(OCC(C)C)c(Br)c2)c1. The fraction of sp³-hybridized carbons (Fsp3) is 0.333. The number of carbonyl (C=O) groups excluding carboxylic acids is 2. The van der Waals surface area contributed by atoms with Gasteiger partial charge < -0.3 is 14.2 Å². The molecule has 0 saturated carbocycles. The van der Waals surface area contributed by atoms with E-state index in [1.54, 1.807) is 36.4 Å². The van der Waals surface area contributed by atoms with Crippen LogP contribution in [-0.4, -0.2) is 25.2 Å². The molecule has 0 aliphatic heterocycles. The Balaban J connectivity index is 2.06. The number of hydrogen-bond donors (Lipinski definition) is 0. The molecule has 0 N–H and O–H groups in total. The molecule has 5 nitrogen and oxygen atoms in total. The molecule has 0 spiro atoms. The third kappa shape index (κ3) is 6.40. The Kier molecular flexibility index (Phi) is 7.85. The van der Waals surface area contributed by atoms with E-state index in [-0.39, 0.29) is 5.75 Å². The monoisotopic (exact) mass is 434 g/mol. The van der Waals surface area contributed by atoms with Crippen molar-refractivity contribution in [1.82, 2.24) is 0 Å². The highest BCUT2D eigenvalue weighted by molar-refractivity contribution is 9.10. The van der Waals surface area contributed by atoms with Gasteiger partial charge in [-0.05, 0) is 64.7 Å². The van der Waals surface area contributed by atoms with Crippen molar-refractivity contribution in [3.63, 3.8) is 0 Å². The standard InChI is InChI=1S/C21H23BrO5/c1-4-10-25-20(23)15-6-5-7-17(11-15)27-21(24)16-8-9-19(18(22)12-16)26-13-14(2)3/h5-9,11-12,14H,4,10,13H2,1-3H3. The molecule has 2 rings (SSSR count). The molecule has 0 heterocycles. The third-order valence-corrected chi connectivity index (χ3v) is 4.08. The van der Waals surface area contributed by atoms with Crippen molar-refractivity contribution in [2.45, 2.75) is 27.2 Å². The van der Waals surface area contributed by atoms with Crippen LogP contribution in [0.15, 0.2) is 46.9 Å². The highest BCUT2D eigenvalue weighted by atomic mass is 79.9.